The molecule has 116 valence electrons. The lowest BCUT2D eigenvalue weighted by Crippen LogP contribution is -2.31. The molecule has 5 nitrogen and oxygen atoms in total. The third-order valence-electron chi connectivity index (χ3n) is 3.58. The topological polar surface area (TPSA) is 64.0 Å². The maximum Gasteiger partial charge on any atom is 0.261 e. The molecular weight excluding hydrogens is 314 g/mol. The van der Waals surface area contributed by atoms with E-state index < -0.39 is 6.04 Å². The Morgan fingerprint density at radius 3 is 2.78 bits per heavy atom. The Bertz CT molecular complexity index is 936. The predicted octanol–water partition coefficient (Wildman–Crippen LogP) is 3.25. The van der Waals surface area contributed by atoms with Crippen molar-refractivity contribution in [1.29, 1.82) is 0 Å². The highest BCUT2D eigenvalue weighted by Crippen LogP contribution is 2.16. The van der Waals surface area contributed by atoms with E-state index in [1.54, 1.807) is 49.4 Å². The molecule has 1 amide bonds. The number of carbonyl (C=O) groups excluding carboxylic acids is 1. The Morgan fingerprint density at radius 2 is 2.00 bits per heavy atom. The van der Waals surface area contributed by atoms with E-state index in [0.29, 0.717) is 21.6 Å². The van der Waals surface area contributed by atoms with Gasteiger partial charge in [-0.1, -0.05) is 29.8 Å². The molecule has 0 saturated heterocycles. The molecule has 0 spiro atoms. The summed E-state index contributed by atoms with van der Waals surface area (Å²) in [6.45, 7) is 1.65. The van der Waals surface area contributed by atoms with Crippen LogP contribution in [0.1, 0.15) is 13.0 Å². The van der Waals surface area contributed by atoms with E-state index in [2.05, 4.69) is 10.3 Å². The van der Waals surface area contributed by atoms with Gasteiger partial charge in [0.05, 0.1) is 17.2 Å². The van der Waals surface area contributed by atoms with Crippen LogP contribution in [0, 0.1) is 0 Å². The zero-order chi connectivity index (χ0) is 16.4. The van der Waals surface area contributed by atoms with Gasteiger partial charge in [0.25, 0.3) is 5.56 Å². The summed E-state index contributed by atoms with van der Waals surface area (Å²) in [5.41, 5.74) is 0.941. The van der Waals surface area contributed by atoms with Gasteiger partial charge in [-0.05, 0) is 37.3 Å². The largest absolute Gasteiger partial charge is 0.324 e. The minimum atomic E-state index is -0.696. The second-order valence-electron chi connectivity index (χ2n) is 5.15. The van der Waals surface area contributed by atoms with E-state index >= 15 is 0 Å². The van der Waals surface area contributed by atoms with Crippen LogP contribution in [0.25, 0.3) is 10.9 Å². The van der Waals surface area contributed by atoms with Gasteiger partial charge in [0.2, 0.25) is 5.91 Å². The van der Waals surface area contributed by atoms with Crippen LogP contribution in [-0.4, -0.2) is 15.5 Å². The number of rotatable bonds is 3. The number of halogens is 1. The molecule has 2 aromatic carbocycles. The first-order valence-electron chi connectivity index (χ1n) is 7.08. The number of amides is 1. The van der Waals surface area contributed by atoms with Crippen LogP contribution in [0.3, 0.4) is 0 Å². The van der Waals surface area contributed by atoms with Gasteiger partial charge in [0, 0.05) is 10.7 Å². The van der Waals surface area contributed by atoms with Gasteiger partial charge < -0.3 is 5.32 Å². The molecule has 0 fully saturated rings. The molecule has 6 heteroatoms. The predicted molar refractivity (Wildman–Crippen MR) is 90.8 cm³/mol. The normalized spacial score (nSPS) is 12.1. The molecule has 0 aliphatic rings. The molecular formula is C17H14ClN3O2. The summed E-state index contributed by atoms with van der Waals surface area (Å²) in [5.74, 6) is -0.313. The number of benzene rings is 2. The number of nitrogens with one attached hydrogen (secondary N) is 1. The molecule has 3 aromatic rings. The third-order valence-corrected chi connectivity index (χ3v) is 3.81. The van der Waals surface area contributed by atoms with E-state index in [-0.39, 0.29) is 11.5 Å². The Balaban J connectivity index is 1.90. The molecule has 3 rings (SSSR count). The van der Waals surface area contributed by atoms with E-state index in [4.69, 9.17) is 11.6 Å². The first-order chi connectivity index (χ1) is 11.1. The number of nitrogens with zero attached hydrogens (tertiary/aromatic N) is 2. The minimum Gasteiger partial charge on any atom is -0.324 e. The lowest BCUT2D eigenvalue weighted by molar-refractivity contribution is -0.118. The fraction of sp³-hybridized carbons (Fsp3) is 0.118. The molecule has 1 heterocycles. The van der Waals surface area contributed by atoms with Crippen LogP contribution in [-0.2, 0) is 4.79 Å². The molecule has 1 atom stereocenters. The second-order valence-corrected chi connectivity index (χ2v) is 5.59. The summed E-state index contributed by atoms with van der Waals surface area (Å²) in [6, 6.07) is 13.2. The molecule has 1 aromatic heterocycles. The fourth-order valence-electron chi connectivity index (χ4n) is 2.30. The van der Waals surface area contributed by atoms with E-state index in [0.717, 1.165) is 0 Å². The molecule has 0 radical (unpaired) electrons. The lowest BCUT2D eigenvalue weighted by atomic mass is 10.2. The Kier molecular flexibility index (Phi) is 4.12. The van der Waals surface area contributed by atoms with Crippen LogP contribution in [0.2, 0.25) is 5.02 Å². The maximum absolute atomic E-state index is 12.5. The van der Waals surface area contributed by atoms with Crippen molar-refractivity contribution in [3.63, 3.8) is 0 Å². The van der Waals surface area contributed by atoms with Crippen molar-refractivity contribution in [3.8, 4) is 0 Å². The van der Waals surface area contributed by atoms with Gasteiger partial charge in [0.1, 0.15) is 6.04 Å². The number of para-hydroxylation sites is 1. The SMILES string of the molecule is C[C@H](C(=O)Nc1cccc(Cl)c1)n1cnc2ccccc2c1=O. The van der Waals surface area contributed by atoms with Crippen molar-refractivity contribution in [2.24, 2.45) is 0 Å². The molecule has 23 heavy (non-hydrogen) atoms. The molecule has 0 bridgehead atoms. The Hall–Kier alpha value is -2.66. The average molecular weight is 328 g/mol. The number of hydrogen-bond acceptors (Lipinski definition) is 3. The average Bonchev–Trinajstić information content (AvgIpc) is 2.55. The smallest absolute Gasteiger partial charge is 0.261 e. The van der Waals surface area contributed by atoms with Crippen molar-refractivity contribution in [2.45, 2.75) is 13.0 Å². The monoisotopic (exact) mass is 327 g/mol. The maximum atomic E-state index is 12.5. The number of anilines is 1. The highest BCUT2D eigenvalue weighted by molar-refractivity contribution is 6.30. The summed E-state index contributed by atoms with van der Waals surface area (Å²) < 4.78 is 1.32. The van der Waals surface area contributed by atoms with Crippen LogP contribution in [0.5, 0.6) is 0 Å². The summed E-state index contributed by atoms with van der Waals surface area (Å²) in [4.78, 5) is 29.1. The van der Waals surface area contributed by atoms with Gasteiger partial charge in [-0.3, -0.25) is 14.2 Å². The molecule has 0 aliphatic heterocycles. The second kappa shape index (κ2) is 6.22. The number of hydrogen-bond donors (Lipinski definition) is 1. The molecule has 0 aliphatic carbocycles. The van der Waals surface area contributed by atoms with Gasteiger partial charge in [-0.25, -0.2) is 4.98 Å². The van der Waals surface area contributed by atoms with Crippen molar-refractivity contribution >= 4 is 34.1 Å². The van der Waals surface area contributed by atoms with Crippen LogP contribution >= 0.6 is 11.6 Å². The first-order valence-corrected chi connectivity index (χ1v) is 7.46. The van der Waals surface area contributed by atoms with Gasteiger partial charge in [-0.15, -0.1) is 0 Å². The summed E-state index contributed by atoms with van der Waals surface area (Å²) in [7, 11) is 0. The molecule has 0 unspecified atom stereocenters. The van der Waals surface area contributed by atoms with Gasteiger partial charge in [-0.2, -0.15) is 0 Å². The Morgan fingerprint density at radius 1 is 1.22 bits per heavy atom. The quantitative estimate of drug-likeness (QED) is 0.803. The summed E-state index contributed by atoms with van der Waals surface area (Å²) >= 11 is 5.90. The number of fused-ring (bicyclic) bond motifs is 1. The molecule has 1 N–H and O–H groups in total. The highest BCUT2D eigenvalue weighted by atomic mass is 35.5. The summed E-state index contributed by atoms with van der Waals surface area (Å²) in [5, 5.41) is 3.76. The molecule has 0 saturated carbocycles. The van der Waals surface area contributed by atoms with Crippen LogP contribution in [0.4, 0.5) is 5.69 Å². The standard InChI is InChI=1S/C17H14ClN3O2/c1-11(16(22)20-13-6-4-5-12(18)9-13)21-10-19-15-8-3-2-7-14(15)17(21)23/h2-11H,1H3,(H,20,22)/t11-/m1/s1. The van der Waals surface area contributed by atoms with E-state index in [9.17, 15) is 9.59 Å². The lowest BCUT2D eigenvalue weighted by Gasteiger charge is -2.15. The van der Waals surface area contributed by atoms with Crippen LogP contribution < -0.4 is 10.9 Å². The van der Waals surface area contributed by atoms with Gasteiger partial charge >= 0.3 is 0 Å². The van der Waals surface area contributed by atoms with Crippen molar-refractivity contribution in [1.82, 2.24) is 9.55 Å². The van der Waals surface area contributed by atoms with Crippen LogP contribution in [0.15, 0.2) is 59.7 Å². The van der Waals surface area contributed by atoms with Crippen molar-refractivity contribution in [3.05, 3.63) is 70.2 Å². The zero-order valence-electron chi connectivity index (χ0n) is 12.4. The Labute approximate surface area is 137 Å². The number of carbonyl (C=O) groups is 1. The fourth-order valence-corrected chi connectivity index (χ4v) is 2.49. The first kappa shape index (κ1) is 15.2. The van der Waals surface area contributed by atoms with E-state index in [1.165, 1.54) is 10.9 Å². The third kappa shape index (κ3) is 3.10. The summed E-state index contributed by atoms with van der Waals surface area (Å²) in [6.07, 6.45) is 1.40. The minimum absolute atomic E-state index is 0.246. The van der Waals surface area contributed by atoms with Gasteiger partial charge in [0.15, 0.2) is 0 Å². The highest BCUT2D eigenvalue weighted by Gasteiger charge is 2.17. The van der Waals surface area contributed by atoms with Crippen molar-refractivity contribution < 1.29 is 4.79 Å². The zero-order valence-corrected chi connectivity index (χ0v) is 13.1. The number of aromatic nitrogens is 2. The van der Waals surface area contributed by atoms with E-state index in [1.807, 2.05) is 6.07 Å². The van der Waals surface area contributed by atoms with Crippen molar-refractivity contribution in [2.75, 3.05) is 5.32 Å².